The van der Waals surface area contributed by atoms with E-state index in [0.717, 1.165) is 28.2 Å². The zero-order chi connectivity index (χ0) is 15.2. The number of carbonyl (C=O) groups is 1. The van der Waals surface area contributed by atoms with Gasteiger partial charge in [0.15, 0.2) is 11.2 Å². The maximum atomic E-state index is 11.6. The van der Waals surface area contributed by atoms with Crippen LogP contribution in [0, 0.1) is 6.92 Å². The molecule has 0 spiro atoms. The maximum absolute atomic E-state index is 11.6. The van der Waals surface area contributed by atoms with E-state index in [0.29, 0.717) is 5.69 Å². The summed E-state index contributed by atoms with van der Waals surface area (Å²) in [7, 11) is 0. The highest BCUT2D eigenvalue weighted by Crippen LogP contribution is 2.32. The molecule has 2 heterocycles. The number of fused-ring (bicyclic) bond motifs is 1. The molecule has 1 aromatic carbocycles. The molecule has 2 aromatic heterocycles. The zero-order valence-corrected chi connectivity index (χ0v) is 13.5. The molecule has 3 aromatic rings. The van der Waals surface area contributed by atoms with E-state index in [4.69, 9.17) is 0 Å². The van der Waals surface area contributed by atoms with Crippen molar-refractivity contribution in [2.45, 2.75) is 33.1 Å². The van der Waals surface area contributed by atoms with Crippen molar-refractivity contribution in [2.75, 3.05) is 0 Å². The van der Waals surface area contributed by atoms with Gasteiger partial charge >= 0.3 is 0 Å². The minimum Gasteiger partial charge on any atom is -0.296 e. The number of aromatic nitrogens is 2. The monoisotopic (exact) mass is 298 g/mol. The molecule has 0 N–H and O–H groups in total. The summed E-state index contributed by atoms with van der Waals surface area (Å²) in [4.78, 5) is 17.2. The summed E-state index contributed by atoms with van der Waals surface area (Å²) < 4.78 is 1.98. The Morgan fingerprint density at radius 1 is 1.19 bits per heavy atom. The van der Waals surface area contributed by atoms with E-state index in [2.05, 4.69) is 62.3 Å². The number of imidazole rings is 1. The van der Waals surface area contributed by atoms with E-state index in [1.807, 2.05) is 4.40 Å². The molecular weight excluding hydrogens is 280 g/mol. The van der Waals surface area contributed by atoms with Crippen LogP contribution in [-0.4, -0.2) is 15.7 Å². The normalized spacial score (nSPS) is 12.0. The van der Waals surface area contributed by atoms with Crippen LogP contribution in [0.15, 0.2) is 29.6 Å². The zero-order valence-electron chi connectivity index (χ0n) is 12.7. The fraction of sp³-hybridized carbons (Fsp3) is 0.294. The van der Waals surface area contributed by atoms with Gasteiger partial charge in [0.1, 0.15) is 5.69 Å². The lowest BCUT2D eigenvalue weighted by atomic mass is 9.91. The van der Waals surface area contributed by atoms with Crippen LogP contribution in [0.4, 0.5) is 0 Å². The fourth-order valence-corrected chi connectivity index (χ4v) is 3.37. The third-order valence-corrected chi connectivity index (χ3v) is 4.39. The Balaban J connectivity index is 2.28. The summed E-state index contributed by atoms with van der Waals surface area (Å²) in [5.74, 6) is 0. The fourth-order valence-electron chi connectivity index (χ4n) is 2.47. The van der Waals surface area contributed by atoms with Crippen molar-refractivity contribution >= 4 is 22.6 Å². The van der Waals surface area contributed by atoms with Gasteiger partial charge in [0.05, 0.1) is 11.4 Å². The molecule has 4 heteroatoms. The average molecular weight is 298 g/mol. The lowest BCUT2D eigenvalue weighted by Gasteiger charge is -2.16. The van der Waals surface area contributed by atoms with Crippen molar-refractivity contribution in [3.63, 3.8) is 0 Å². The Morgan fingerprint density at radius 2 is 1.86 bits per heavy atom. The number of benzene rings is 1. The molecule has 0 fully saturated rings. The van der Waals surface area contributed by atoms with Crippen LogP contribution in [0.2, 0.25) is 0 Å². The molecule has 0 aliphatic rings. The molecule has 0 atom stereocenters. The summed E-state index contributed by atoms with van der Waals surface area (Å²) in [5, 5.41) is 2.06. The van der Waals surface area contributed by atoms with Crippen LogP contribution in [0.1, 0.15) is 42.5 Å². The molecule has 108 valence electrons. The van der Waals surface area contributed by atoms with Gasteiger partial charge in [-0.15, -0.1) is 11.3 Å². The van der Waals surface area contributed by atoms with Gasteiger partial charge in [0.2, 0.25) is 0 Å². The molecule has 21 heavy (non-hydrogen) atoms. The maximum Gasteiger partial charge on any atom is 0.195 e. The SMILES string of the molecule is Cc1ccc(-c2csc3nc(C(C)(C)C)c(C=O)n23)cc1. The van der Waals surface area contributed by atoms with E-state index in [1.54, 1.807) is 11.3 Å². The van der Waals surface area contributed by atoms with Crippen LogP contribution in [0.25, 0.3) is 16.2 Å². The third-order valence-electron chi connectivity index (χ3n) is 3.57. The van der Waals surface area contributed by atoms with E-state index in [9.17, 15) is 4.79 Å². The second kappa shape index (κ2) is 4.81. The first-order chi connectivity index (χ1) is 9.91. The van der Waals surface area contributed by atoms with Gasteiger partial charge in [-0.1, -0.05) is 50.6 Å². The van der Waals surface area contributed by atoms with Gasteiger partial charge in [0.25, 0.3) is 0 Å². The van der Waals surface area contributed by atoms with Gasteiger partial charge in [-0.2, -0.15) is 0 Å². The topological polar surface area (TPSA) is 34.4 Å². The molecule has 0 aliphatic carbocycles. The molecule has 0 amide bonds. The molecule has 3 nitrogen and oxygen atoms in total. The molecule has 0 saturated carbocycles. The Labute approximate surface area is 128 Å². The van der Waals surface area contributed by atoms with Gasteiger partial charge in [-0.3, -0.25) is 9.20 Å². The van der Waals surface area contributed by atoms with Gasteiger partial charge < -0.3 is 0 Å². The number of aryl methyl sites for hydroxylation is 1. The van der Waals surface area contributed by atoms with E-state index < -0.39 is 0 Å². The highest BCUT2D eigenvalue weighted by Gasteiger charge is 2.25. The standard InChI is InChI=1S/C17H18N2OS/c1-11-5-7-12(8-6-11)14-10-21-16-18-15(17(2,3)4)13(9-20)19(14)16/h5-10H,1-4H3. The summed E-state index contributed by atoms with van der Waals surface area (Å²) in [5.41, 5.74) is 4.73. The van der Waals surface area contributed by atoms with Crippen LogP contribution in [-0.2, 0) is 5.41 Å². The first-order valence-electron chi connectivity index (χ1n) is 6.94. The summed E-state index contributed by atoms with van der Waals surface area (Å²) >= 11 is 1.57. The largest absolute Gasteiger partial charge is 0.296 e. The second-order valence-electron chi connectivity index (χ2n) is 6.32. The molecule has 0 aliphatic heterocycles. The molecule has 3 rings (SSSR count). The average Bonchev–Trinajstić information content (AvgIpc) is 2.97. The van der Waals surface area contributed by atoms with Crippen LogP contribution < -0.4 is 0 Å². The molecule has 0 radical (unpaired) electrons. The highest BCUT2D eigenvalue weighted by atomic mass is 32.1. The predicted molar refractivity (Wildman–Crippen MR) is 87.3 cm³/mol. The first kappa shape index (κ1) is 14.0. The molecule has 0 unspecified atom stereocenters. The van der Waals surface area contributed by atoms with E-state index in [-0.39, 0.29) is 5.41 Å². The Hall–Kier alpha value is -1.94. The second-order valence-corrected chi connectivity index (χ2v) is 7.16. The van der Waals surface area contributed by atoms with Crippen molar-refractivity contribution in [2.24, 2.45) is 0 Å². The van der Waals surface area contributed by atoms with Crippen molar-refractivity contribution in [1.29, 1.82) is 0 Å². The van der Waals surface area contributed by atoms with Crippen LogP contribution in [0.5, 0.6) is 0 Å². The van der Waals surface area contributed by atoms with E-state index >= 15 is 0 Å². The van der Waals surface area contributed by atoms with Crippen LogP contribution in [0.3, 0.4) is 0 Å². The Bertz CT molecular complexity index is 804. The number of carbonyl (C=O) groups excluding carboxylic acids is 1. The number of nitrogens with zero attached hydrogens (tertiary/aromatic N) is 2. The highest BCUT2D eigenvalue weighted by molar-refractivity contribution is 7.15. The summed E-state index contributed by atoms with van der Waals surface area (Å²) in [6.45, 7) is 8.31. The lowest BCUT2D eigenvalue weighted by molar-refractivity contribution is 0.111. The number of hydrogen-bond acceptors (Lipinski definition) is 3. The smallest absolute Gasteiger partial charge is 0.195 e. The van der Waals surface area contributed by atoms with Crippen molar-refractivity contribution in [3.05, 3.63) is 46.6 Å². The molecular formula is C17H18N2OS. The molecule has 0 saturated heterocycles. The quantitative estimate of drug-likeness (QED) is 0.654. The minimum absolute atomic E-state index is 0.146. The summed E-state index contributed by atoms with van der Waals surface area (Å²) in [6.07, 6.45) is 0.922. The number of aldehydes is 1. The summed E-state index contributed by atoms with van der Waals surface area (Å²) in [6, 6.07) is 8.34. The Kier molecular flexibility index (Phi) is 3.21. The number of hydrogen-bond donors (Lipinski definition) is 0. The third kappa shape index (κ3) is 2.29. The minimum atomic E-state index is -0.146. The number of thiazole rings is 1. The Morgan fingerprint density at radius 3 is 2.43 bits per heavy atom. The van der Waals surface area contributed by atoms with Crippen molar-refractivity contribution in [3.8, 4) is 11.3 Å². The lowest BCUT2D eigenvalue weighted by Crippen LogP contribution is -2.14. The van der Waals surface area contributed by atoms with Gasteiger partial charge in [-0.05, 0) is 12.5 Å². The number of rotatable bonds is 2. The predicted octanol–water partition coefficient (Wildman–Crippen LogP) is 4.48. The van der Waals surface area contributed by atoms with Crippen molar-refractivity contribution in [1.82, 2.24) is 9.38 Å². The first-order valence-corrected chi connectivity index (χ1v) is 7.82. The van der Waals surface area contributed by atoms with Crippen LogP contribution >= 0.6 is 11.3 Å². The van der Waals surface area contributed by atoms with Gasteiger partial charge in [0, 0.05) is 10.8 Å². The molecule has 0 bridgehead atoms. The van der Waals surface area contributed by atoms with Crippen molar-refractivity contribution < 1.29 is 4.79 Å². The van der Waals surface area contributed by atoms with E-state index in [1.165, 1.54) is 5.56 Å². The van der Waals surface area contributed by atoms with Gasteiger partial charge in [-0.25, -0.2) is 4.98 Å².